The number of hydrogen-bond acceptors (Lipinski definition) is 4. The van der Waals surface area contributed by atoms with Gasteiger partial charge in [-0.05, 0) is 19.3 Å². The van der Waals surface area contributed by atoms with Gasteiger partial charge in [0, 0.05) is 19.0 Å². The van der Waals surface area contributed by atoms with Crippen molar-refractivity contribution in [1.82, 2.24) is 20.2 Å². The Morgan fingerprint density at radius 3 is 2.79 bits per heavy atom. The van der Waals surface area contributed by atoms with Crippen LogP contribution in [-0.4, -0.2) is 33.3 Å². The van der Waals surface area contributed by atoms with E-state index in [2.05, 4.69) is 38.9 Å². The Morgan fingerprint density at radius 2 is 2.11 bits per heavy atom. The molecule has 1 aliphatic rings. The monoisotopic (exact) mass is 261 g/mol. The second-order valence-electron chi connectivity index (χ2n) is 5.23. The van der Waals surface area contributed by atoms with Gasteiger partial charge in [0.25, 0.3) is 5.56 Å². The van der Waals surface area contributed by atoms with Gasteiger partial charge in [-0.2, -0.15) is 10.1 Å². The van der Waals surface area contributed by atoms with E-state index in [1.165, 1.54) is 0 Å². The Hall–Kier alpha value is -1.85. The summed E-state index contributed by atoms with van der Waals surface area (Å²) < 4.78 is 0. The van der Waals surface area contributed by atoms with Crippen LogP contribution < -0.4 is 10.5 Å². The van der Waals surface area contributed by atoms with Crippen molar-refractivity contribution in [3.63, 3.8) is 0 Å². The smallest absolute Gasteiger partial charge is 0.263 e. The number of aromatic nitrogens is 4. The quantitative estimate of drug-likeness (QED) is 0.882. The highest BCUT2D eigenvalue weighted by Crippen LogP contribution is 2.23. The third-order valence-electron chi connectivity index (χ3n) is 3.93. The second-order valence-corrected chi connectivity index (χ2v) is 5.23. The minimum atomic E-state index is -0.0871. The number of aromatic amines is 2. The molecule has 1 atom stereocenters. The van der Waals surface area contributed by atoms with E-state index in [0.717, 1.165) is 38.0 Å². The first-order valence-corrected chi connectivity index (χ1v) is 6.94. The molecule has 3 rings (SSSR count). The van der Waals surface area contributed by atoms with Crippen molar-refractivity contribution >= 4 is 17.0 Å². The molecule has 1 unspecified atom stereocenters. The van der Waals surface area contributed by atoms with Crippen molar-refractivity contribution in [3.8, 4) is 0 Å². The molecule has 19 heavy (non-hydrogen) atoms. The summed E-state index contributed by atoms with van der Waals surface area (Å²) in [7, 11) is 0. The maximum Gasteiger partial charge on any atom is 0.263 e. The predicted octanol–water partition coefficient (Wildman–Crippen LogP) is 1.76. The first-order valence-electron chi connectivity index (χ1n) is 6.94. The van der Waals surface area contributed by atoms with E-state index in [1.54, 1.807) is 0 Å². The van der Waals surface area contributed by atoms with E-state index < -0.39 is 0 Å². The summed E-state index contributed by atoms with van der Waals surface area (Å²) in [6.45, 7) is 6.08. The third kappa shape index (κ3) is 2.01. The molecule has 3 heterocycles. The highest BCUT2D eigenvalue weighted by Gasteiger charge is 2.20. The summed E-state index contributed by atoms with van der Waals surface area (Å²) in [5.74, 6) is 0.920. The van der Waals surface area contributed by atoms with Crippen LogP contribution in [-0.2, 0) is 0 Å². The average Bonchev–Trinajstić information content (AvgIpc) is 3.06. The molecule has 2 N–H and O–H groups in total. The van der Waals surface area contributed by atoms with Crippen LogP contribution in [0.15, 0.2) is 4.79 Å². The molecule has 1 aliphatic heterocycles. The van der Waals surface area contributed by atoms with Crippen molar-refractivity contribution in [2.75, 3.05) is 18.0 Å². The van der Waals surface area contributed by atoms with Crippen LogP contribution in [0, 0.1) is 0 Å². The van der Waals surface area contributed by atoms with Crippen LogP contribution >= 0.6 is 0 Å². The van der Waals surface area contributed by atoms with Crippen molar-refractivity contribution < 1.29 is 0 Å². The average molecular weight is 261 g/mol. The molecule has 6 nitrogen and oxygen atoms in total. The lowest BCUT2D eigenvalue weighted by atomic mass is 10.0. The fourth-order valence-corrected chi connectivity index (χ4v) is 2.58. The summed E-state index contributed by atoms with van der Waals surface area (Å²) in [5, 5.41) is 7.78. The molecule has 1 saturated heterocycles. The van der Waals surface area contributed by atoms with Gasteiger partial charge in [-0.3, -0.25) is 14.9 Å². The number of rotatable bonds is 3. The molecule has 6 heteroatoms. The van der Waals surface area contributed by atoms with E-state index in [1.807, 2.05) is 0 Å². The van der Waals surface area contributed by atoms with Gasteiger partial charge in [0.2, 0.25) is 5.95 Å². The Morgan fingerprint density at radius 1 is 1.37 bits per heavy atom. The Labute approximate surface area is 111 Å². The molecule has 0 aromatic carbocycles. The summed E-state index contributed by atoms with van der Waals surface area (Å²) >= 11 is 0. The highest BCUT2D eigenvalue weighted by atomic mass is 16.1. The van der Waals surface area contributed by atoms with Crippen LogP contribution in [0.4, 0.5) is 5.95 Å². The molecule has 0 saturated carbocycles. The number of hydrogen-bond donors (Lipinski definition) is 2. The Balaban J connectivity index is 2.10. The second kappa shape index (κ2) is 4.68. The van der Waals surface area contributed by atoms with Crippen molar-refractivity contribution in [1.29, 1.82) is 0 Å². The van der Waals surface area contributed by atoms with Crippen LogP contribution in [0.5, 0.6) is 0 Å². The van der Waals surface area contributed by atoms with E-state index in [-0.39, 0.29) is 11.5 Å². The molecular formula is C13H19N5O. The minimum absolute atomic E-state index is 0.0871. The lowest BCUT2D eigenvalue weighted by Gasteiger charge is -2.15. The molecular weight excluding hydrogens is 242 g/mol. The fraction of sp³-hybridized carbons (Fsp3) is 0.615. The molecule has 2 aromatic heterocycles. The van der Waals surface area contributed by atoms with Crippen molar-refractivity contribution in [2.45, 2.75) is 39.0 Å². The molecule has 0 amide bonds. The Kier molecular flexibility index (Phi) is 3.00. The van der Waals surface area contributed by atoms with Gasteiger partial charge in [0.05, 0.1) is 5.69 Å². The van der Waals surface area contributed by atoms with Gasteiger partial charge in [-0.1, -0.05) is 13.8 Å². The standard InChI is InChI=1S/C13H19N5O/c1-3-8(2)10-9-11(17-16-10)14-13(15-12(9)19)18-6-4-5-7-18/h8H,3-7H2,1-2H3,(H2,14,15,16,17,19). The normalized spacial score (nSPS) is 17.3. The van der Waals surface area contributed by atoms with Crippen LogP contribution in [0.25, 0.3) is 11.0 Å². The number of anilines is 1. The fourth-order valence-electron chi connectivity index (χ4n) is 2.58. The van der Waals surface area contributed by atoms with E-state index in [0.29, 0.717) is 17.0 Å². The number of nitrogens with zero attached hydrogens (tertiary/aromatic N) is 3. The van der Waals surface area contributed by atoms with E-state index >= 15 is 0 Å². The highest BCUT2D eigenvalue weighted by molar-refractivity contribution is 5.78. The Bertz CT molecular complexity index is 638. The van der Waals surface area contributed by atoms with Gasteiger partial charge in [-0.15, -0.1) is 0 Å². The lowest BCUT2D eigenvalue weighted by molar-refractivity contribution is 0.708. The maximum atomic E-state index is 12.3. The third-order valence-corrected chi connectivity index (χ3v) is 3.93. The topological polar surface area (TPSA) is 77.7 Å². The van der Waals surface area contributed by atoms with Crippen molar-refractivity contribution in [2.24, 2.45) is 0 Å². The lowest BCUT2D eigenvalue weighted by Crippen LogP contribution is -2.24. The van der Waals surface area contributed by atoms with Crippen LogP contribution in [0.3, 0.4) is 0 Å². The first kappa shape index (κ1) is 12.2. The molecule has 1 fully saturated rings. The summed E-state index contributed by atoms with van der Waals surface area (Å²) in [6.07, 6.45) is 3.26. The predicted molar refractivity (Wildman–Crippen MR) is 74.7 cm³/mol. The minimum Gasteiger partial charge on any atom is -0.342 e. The van der Waals surface area contributed by atoms with Gasteiger partial charge >= 0.3 is 0 Å². The summed E-state index contributed by atoms with van der Waals surface area (Å²) in [5.41, 5.74) is 1.33. The molecule has 0 aliphatic carbocycles. The zero-order valence-corrected chi connectivity index (χ0v) is 11.4. The number of fused-ring (bicyclic) bond motifs is 1. The summed E-state index contributed by atoms with van der Waals surface area (Å²) in [6, 6.07) is 0. The van der Waals surface area contributed by atoms with Gasteiger partial charge in [0.15, 0.2) is 5.65 Å². The number of nitrogens with one attached hydrogen (secondary N) is 2. The van der Waals surface area contributed by atoms with Gasteiger partial charge in [0.1, 0.15) is 5.39 Å². The van der Waals surface area contributed by atoms with E-state index in [9.17, 15) is 4.79 Å². The molecule has 102 valence electrons. The first-order chi connectivity index (χ1) is 9.20. The molecule has 0 radical (unpaired) electrons. The van der Waals surface area contributed by atoms with Crippen molar-refractivity contribution in [3.05, 3.63) is 16.0 Å². The SMILES string of the molecule is CCC(C)c1n[nH]c2nc(N3CCCC3)[nH]c(=O)c12. The molecule has 2 aromatic rings. The van der Waals surface area contributed by atoms with Gasteiger partial charge < -0.3 is 4.90 Å². The molecule has 0 spiro atoms. The maximum absolute atomic E-state index is 12.3. The zero-order valence-electron chi connectivity index (χ0n) is 11.4. The largest absolute Gasteiger partial charge is 0.342 e. The van der Waals surface area contributed by atoms with Gasteiger partial charge in [-0.25, -0.2) is 0 Å². The van der Waals surface area contributed by atoms with E-state index in [4.69, 9.17) is 0 Å². The van der Waals surface area contributed by atoms with Crippen LogP contribution in [0.1, 0.15) is 44.7 Å². The van der Waals surface area contributed by atoms with Crippen LogP contribution in [0.2, 0.25) is 0 Å². The number of H-pyrrole nitrogens is 2. The zero-order chi connectivity index (χ0) is 13.4. The summed E-state index contributed by atoms with van der Waals surface area (Å²) in [4.78, 5) is 21.8. The molecule has 0 bridgehead atoms.